The minimum absolute atomic E-state index is 0.0711. The number of morpholine rings is 1. The van der Waals surface area contributed by atoms with Crippen LogP contribution in [0.25, 0.3) is 0 Å². The van der Waals surface area contributed by atoms with E-state index < -0.39 is 0 Å². The number of likely N-dealkylation sites (tertiary alicyclic amines) is 1. The highest BCUT2D eigenvalue weighted by atomic mass is 16.5. The van der Waals surface area contributed by atoms with Gasteiger partial charge in [0.15, 0.2) is 0 Å². The lowest BCUT2D eigenvalue weighted by molar-refractivity contribution is -0.150. The lowest BCUT2D eigenvalue weighted by Gasteiger charge is -2.38. The minimum atomic E-state index is -0.271. The Bertz CT molecular complexity index is 343. The lowest BCUT2D eigenvalue weighted by Crippen LogP contribution is -2.55. The summed E-state index contributed by atoms with van der Waals surface area (Å²) in [5, 5.41) is 0. The third kappa shape index (κ3) is 3.70. The number of nitrogens with zero attached hydrogens (tertiary/aromatic N) is 2. The van der Waals surface area contributed by atoms with Gasteiger partial charge in [-0.1, -0.05) is 0 Å². The first-order valence-electron chi connectivity index (χ1n) is 7.60. The monoisotopic (exact) mass is 283 g/mol. The van der Waals surface area contributed by atoms with E-state index in [4.69, 9.17) is 10.5 Å². The molecule has 1 unspecified atom stereocenters. The van der Waals surface area contributed by atoms with E-state index in [0.717, 1.165) is 19.3 Å². The number of carbonyl (C=O) groups is 2. The first-order chi connectivity index (χ1) is 9.74. The summed E-state index contributed by atoms with van der Waals surface area (Å²) in [7, 11) is 0. The smallest absolute Gasteiger partial charge is 0.245 e. The van der Waals surface area contributed by atoms with Crippen LogP contribution in [0, 0.1) is 0 Å². The molecule has 0 aromatic carbocycles. The number of ether oxygens (including phenoxy) is 1. The van der Waals surface area contributed by atoms with Gasteiger partial charge in [0.1, 0.15) is 6.04 Å². The van der Waals surface area contributed by atoms with Crippen LogP contribution in [-0.2, 0) is 14.3 Å². The van der Waals surface area contributed by atoms with Crippen LogP contribution < -0.4 is 5.73 Å². The van der Waals surface area contributed by atoms with Crippen LogP contribution in [0.2, 0.25) is 0 Å². The van der Waals surface area contributed by atoms with E-state index in [0.29, 0.717) is 52.2 Å². The fourth-order valence-corrected chi connectivity index (χ4v) is 2.88. The van der Waals surface area contributed by atoms with Crippen LogP contribution >= 0.6 is 0 Å². The van der Waals surface area contributed by atoms with E-state index >= 15 is 0 Å². The number of rotatable bonds is 4. The molecule has 6 heteroatoms. The Hall–Kier alpha value is -1.14. The largest absolute Gasteiger partial charge is 0.378 e. The maximum Gasteiger partial charge on any atom is 0.245 e. The van der Waals surface area contributed by atoms with Crippen molar-refractivity contribution in [2.75, 3.05) is 39.4 Å². The van der Waals surface area contributed by atoms with Crippen LogP contribution in [0.4, 0.5) is 0 Å². The van der Waals surface area contributed by atoms with Gasteiger partial charge >= 0.3 is 0 Å². The number of nitrogens with two attached hydrogens (primary N) is 1. The second-order valence-corrected chi connectivity index (χ2v) is 5.43. The second-order valence-electron chi connectivity index (χ2n) is 5.43. The Morgan fingerprint density at radius 2 is 1.90 bits per heavy atom. The molecule has 2 aliphatic heterocycles. The summed E-state index contributed by atoms with van der Waals surface area (Å²) in [6.45, 7) is 3.69. The molecule has 0 bridgehead atoms. The Labute approximate surface area is 120 Å². The van der Waals surface area contributed by atoms with Gasteiger partial charge in [0.2, 0.25) is 11.8 Å². The van der Waals surface area contributed by atoms with Gasteiger partial charge in [-0.25, -0.2) is 0 Å². The van der Waals surface area contributed by atoms with Crippen LogP contribution in [-0.4, -0.2) is 67.0 Å². The Balaban J connectivity index is 1.98. The molecular weight excluding hydrogens is 258 g/mol. The van der Waals surface area contributed by atoms with Crippen LogP contribution in [0.1, 0.15) is 32.1 Å². The van der Waals surface area contributed by atoms with Crippen molar-refractivity contribution in [1.82, 2.24) is 9.80 Å². The molecule has 0 aromatic rings. The number of amides is 2. The third-order valence-corrected chi connectivity index (χ3v) is 4.03. The number of hydrogen-bond acceptors (Lipinski definition) is 4. The minimum Gasteiger partial charge on any atom is -0.378 e. The van der Waals surface area contributed by atoms with E-state index in [1.807, 2.05) is 4.90 Å². The van der Waals surface area contributed by atoms with E-state index in [-0.39, 0.29) is 17.9 Å². The number of piperidine rings is 1. The van der Waals surface area contributed by atoms with E-state index in [1.165, 1.54) is 0 Å². The van der Waals surface area contributed by atoms with Gasteiger partial charge in [-0.2, -0.15) is 0 Å². The maximum atomic E-state index is 12.6. The molecule has 2 aliphatic rings. The molecule has 0 spiro atoms. The van der Waals surface area contributed by atoms with Crippen molar-refractivity contribution in [3.8, 4) is 0 Å². The zero-order valence-corrected chi connectivity index (χ0v) is 12.1. The summed E-state index contributed by atoms with van der Waals surface area (Å²) in [5.74, 6) is 0.163. The molecule has 20 heavy (non-hydrogen) atoms. The predicted octanol–water partition coefficient (Wildman–Crippen LogP) is -0.0348. The number of hydrogen-bond donors (Lipinski definition) is 1. The standard InChI is InChI=1S/C14H25N3O3/c15-6-3-5-13(18)17-7-2-1-4-12(17)14(19)16-8-10-20-11-9-16/h12H,1-11,15H2. The van der Waals surface area contributed by atoms with Crippen molar-refractivity contribution in [2.24, 2.45) is 5.73 Å². The number of carbonyl (C=O) groups excluding carboxylic acids is 2. The topological polar surface area (TPSA) is 75.9 Å². The molecule has 0 aromatic heterocycles. The van der Waals surface area contributed by atoms with Gasteiger partial charge in [0, 0.05) is 26.1 Å². The fraction of sp³-hybridized carbons (Fsp3) is 0.857. The molecular formula is C14H25N3O3. The molecule has 2 fully saturated rings. The molecule has 114 valence electrons. The zero-order chi connectivity index (χ0) is 14.4. The molecule has 2 saturated heterocycles. The normalized spacial score (nSPS) is 23.8. The van der Waals surface area contributed by atoms with E-state index in [1.54, 1.807) is 4.90 Å². The summed E-state index contributed by atoms with van der Waals surface area (Å²) in [6, 6.07) is -0.271. The molecule has 1 atom stereocenters. The van der Waals surface area contributed by atoms with Crippen molar-refractivity contribution in [3.05, 3.63) is 0 Å². The average molecular weight is 283 g/mol. The first kappa shape index (κ1) is 15.3. The van der Waals surface area contributed by atoms with Crippen molar-refractivity contribution in [1.29, 1.82) is 0 Å². The highest BCUT2D eigenvalue weighted by molar-refractivity contribution is 5.88. The maximum absolute atomic E-state index is 12.6. The van der Waals surface area contributed by atoms with Gasteiger partial charge < -0.3 is 20.3 Å². The molecule has 0 saturated carbocycles. The Morgan fingerprint density at radius 3 is 2.60 bits per heavy atom. The van der Waals surface area contributed by atoms with Gasteiger partial charge in [0.05, 0.1) is 13.2 Å². The molecule has 2 amide bonds. The van der Waals surface area contributed by atoms with E-state index in [9.17, 15) is 9.59 Å². The van der Waals surface area contributed by atoms with Crippen LogP contribution in [0.5, 0.6) is 0 Å². The highest BCUT2D eigenvalue weighted by Crippen LogP contribution is 2.20. The molecule has 6 nitrogen and oxygen atoms in total. The lowest BCUT2D eigenvalue weighted by atomic mass is 10.00. The molecule has 2 heterocycles. The fourth-order valence-electron chi connectivity index (χ4n) is 2.88. The third-order valence-electron chi connectivity index (χ3n) is 4.03. The summed E-state index contributed by atoms with van der Waals surface area (Å²) in [4.78, 5) is 28.4. The SMILES string of the molecule is NCCCC(=O)N1CCCCC1C(=O)N1CCOCC1. The van der Waals surface area contributed by atoms with Gasteiger partial charge in [0.25, 0.3) is 0 Å². The van der Waals surface area contributed by atoms with Crippen molar-refractivity contribution in [2.45, 2.75) is 38.1 Å². The van der Waals surface area contributed by atoms with Gasteiger partial charge in [-0.05, 0) is 32.2 Å². The van der Waals surface area contributed by atoms with Crippen molar-refractivity contribution < 1.29 is 14.3 Å². The van der Waals surface area contributed by atoms with Crippen LogP contribution in [0.3, 0.4) is 0 Å². The second kappa shape index (κ2) is 7.59. The average Bonchev–Trinajstić information content (AvgIpc) is 2.52. The summed E-state index contributed by atoms with van der Waals surface area (Å²) < 4.78 is 5.28. The molecule has 2 rings (SSSR count). The first-order valence-corrected chi connectivity index (χ1v) is 7.60. The van der Waals surface area contributed by atoms with Crippen molar-refractivity contribution >= 4 is 11.8 Å². The van der Waals surface area contributed by atoms with Gasteiger partial charge in [-0.15, -0.1) is 0 Å². The molecule has 0 aliphatic carbocycles. The van der Waals surface area contributed by atoms with Crippen molar-refractivity contribution in [3.63, 3.8) is 0 Å². The summed E-state index contributed by atoms with van der Waals surface area (Å²) in [5.41, 5.74) is 5.46. The summed E-state index contributed by atoms with van der Waals surface area (Å²) in [6.07, 6.45) is 3.92. The summed E-state index contributed by atoms with van der Waals surface area (Å²) >= 11 is 0. The van der Waals surface area contributed by atoms with E-state index in [2.05, 4.69) is 0 Å². The van der Waals surface area contributed by atoms with Crippen LogP contribution in [0.15, 0.2) is 0 Å². The highest BCUT2D eigenvalue weighted by Gasteiger charge is 2.34. The Kier molecular flexibility index (Phi) is 5.79. The van der Waals surface area contributed by atoms with Gasteiger partial charge in [-0.3, -0.25) is 9.59 Å². The Morgan fingerprint density at radius 1 is 1.15 bits per heavy atom. The molecule has 2 N–H and O–H groups in total. The molecule has 0 radical (unpaired) electrons. The quantitative estimate of drug-likeness (QED) is 0.786. The predicted molar refractivity (Wildman–Crippen MR) is 75.0 cm³/mol. The zero-order valence-electron chi connectivity index (χ0n) is 12.1.